The molecule has 2 fully saturated rings. The fraction of sp³-hybridized carbons (Fsp3) is 0.917. The van der Waals surface area contributed by atoms with Crippen molar-refractivity contribution in [3.8, 4) is 0 Å². The molecule has 1 amide bonds. The zero-order chi connectivity index (χ0) is 10.7. The number of hydrogen-bond acceptors (Lipinski definition) is 2. The predicted molar refractivity (Wildman–Crippen MR) is 60.6 cm³/mol. The maximum Gasteiger partial charge on any atom is 0.237 e. The molecule has 0 radical (unpaired) electrons. The third-order valence-corrected chi connectivity index (χ3v) is 3.40. The lowest BCUT2D eigenvalue weighted by molar-refractivity contribution is -0.124. The molecule has 0 bridgehead atoms. The molecular formula is C12H22N2O. The van der Waals surface area contributed by atoms with Gasteiger partial charge in [0.05, 0.1) is 6.04 Å². The molecule has 3 heteroatoms. The topological polar surface area (TPSA) is 41.1 Å². The number of hydrogen-bond donors (Lipinski definition) is 2. The molecule has 1 aliphatic carbocycles. The van der Waals surface area contributed by atoms with Crippen molar-refractivity contribution in [3.63, 3.8) is 0 Å². The predicted octanol–water partition coefficient (Wildman–Crippen LogP) is 1.43. The molecular weight excluding hydrogens is 188 g/mol. The van der Waals surface area contributed by atoms with Crippen LogP contribution in [-0.4, -0.2) is 24.5 Å². The summed E-state index contributed by atoms with van der Waals surface area (Å²) in [5, 5.41) is 6.40. The summed E-state index contributed by atoms with van der Waals surface area (Å²) >= 11 is 0. The zero-order valence-corrected chi connectivity index (χ0v) is 9.59. The Morgan fingerprint density at radius 2 is 2.20 bits per heavy atom. The first-order valence-corrected chi connectivity index (χ1v) is 6.29. The third kappa shape index (κ3) is 3.49. The molecule has 1 heterocycles. The number of piperidine rings is 1. The molecule has 2 atom stereocenters. The number of amides is 1. The van der Waals surface area contributed by atoms with Gasteiger partial charge in [-0.2, -0.15) is 0 Å². The van der Waals surface area contributed by atoms with E-state index in [1.54, 1.807) is 0 Å². The third-order valence-electron chi connectivity index (χ3n) is 3.40. The van der Waals surface area contributed by atoms with Crippen LogP contribution < -0.4 is 10.6 Å². The second-order valence-electron chi connectivity index (χ2n) is 5.09. The summed E-state index contributed by atoms with van der Waals surface area (Å²) in [6.45, 7) is 3.12. The average molecular weight is 210 g/mol. The van der Waals surface area contributed by atoms with E-state index in [4.69, 9.17) is 0 Å². The van der Waals surface area contributed by atoms with Gasteiger partial charge in [-0.1, -0.05) is 19.3 Å². The minimum absolute atomic E-state index is 0.0698. The van der Waals surface area contributed by atoms with Gasteiger partial charge in [0.2, 0.25) is 5.91 Å². The summed E-state index contributed by atoms with van der Waals surface area (Å²) < 4.78 is 0. The maximum absolute atomic E-state index is 11.8. The molecule has 0 aromatic carbocycles. The summed E-state index contributed by atoms with van der Waals surface area (Å²) in [5.74, 6) is 1.10. The van der Waals surface area contributed by atoms with Crippen LogP contribution >= 0.6 is 0 Å². The van der Waals surface area contributed by atoms with Crippen LogP contribution in [0.15, 0.2) is 0 Å². The largest absolute Gasteiger partial charge is 0.352 e. The van der Waals surface area contributed by atoms with Crippen molar-refractivity contribution in [1.82, 2.24) is 10.6 Å². The first-order valence-electron chi connectivity index (χ1n) is 6.29. The standard InChI is InChI=1S/C12H22N2O/c1-9(8-10-5-6-10)14-12(15)11-4-2-3-7-13-11/h9-11,13H,2-8H2,1H3,(H,14,15)/t9?,11-/m0/s1. The molecule has 1 saturated heterocycles. The smallest absolute Gasteiger partial charge is 0.237 e. The fourth-order valence-corrected chi connectivity index (χ4v) is 2.33. The quantitative estimate of drug-likeness (QED) is 0.737. The number of rotatable bonds is 4. The van der Waals surface area contributed by atoms with Crippen LogP contribution in [0.2, 0.25) is 0 Å². The van der Waals surface area contributed by atoms with Gasteiger partial charge in [0.15, 0.2) is 0 Å². The van der Waals surface area contributed by atoms with Crippen molar-refractivity contribution >= 4 is 5.91 Å². The van der Waals surface area contributed by atoms with Crippen molar-refractivity contribution in [2.75, 3.05) is 6.54 Å². The van der Waals surface area contributed by atoms with E-state index in [-0.39, 0.29) is 11.9 Å². The summed E-state index contributed by atoms with van der Waals surface area (Å²) in [6.07, 6.45) is 7.29. The van der Waals surface area contributed by atoms with Gasteiger partial charge < -0.3 is 10.6 Å². The van der Waals surface area contributed by atoms with Crippen LogP contribution in [0, 0.1) is 5.92 Å². The Morgan fingerprint density at radius 1 is 1.40 bits per heavy atom. The van der Waals surface area contributed by atoms with Gasteiger partial charge in [-0.25, -0.2) is 0 Å². The number of nitrogens with one attached hydrogen (secondary N) is 2. The van der Waals surface area contributed by atoms with E-state index < -0.39 is 0 Å². The minimum atomic E-state index is 0.0698. The summed E-state index contributed by atoms with van der Waals surface area (Å²) in [5.41, 5.74) is 0. The first kappa shape index (κ1) is 10.9. The van der Waals surface area contributed by atoms with Gasteiger partial charge in [-0.3, -0.25) is 4.79 Å². The molecule has 2 N–H and O–H groups in total. The van der Waals surface area contributed by atoms with Crippen LogP contribution in [0.25, 0.3) is 0 Å². The average Bonchev–Trinajstić information content (AvgIpc) is 3.03. The Balaban J connectivity index is 1.69. The highest BCUT2D eigenvalue weighted by molar-refractivity contribution is 5.82. The van der Waals surface area contributed by atoms with Crippen molar-refractivity contribution in [3.05, 3.63) is 0 Å². The van der Waals surface area contributed by atoms with E-state index in [9.17, 15) is 4.79 Å². The van der Waals surface area contributed by atoms with E-state index >= 15 is 0 Å². The Bertz CT molecular complexity index is 220. The van der Waals surface area contributed by atoms with Gasteiger partial charge in [0.25, 0.3) is 0 Å². The van der Waals surface area contributed by atoms with E-state index in [2.05, 4.69) is 17.6 Å². The molecule has 0 aromatic rings. The lowest BCUT2D eigenvalue weighted by Gasteiger charge is -2.24. The summed E-state index contributed by atoms with van der Waals surface area (Å²) in [4.78, 5) is 11.8. The van der Waals surface area contributed by atoms with E-state index in [0.717, 1.165) is 18.9 Å². The highest BCUT2D eigenvalue weighted by Gasteiger charge is 2.26. The molecule has 3 nitrogen and oxygen atoms in total. The van der Waals surface area contributed by atoms with E-state index in [1.807, 2.05) is 0 Å². The highest BCUT2D eigenvalue weighted by atomic mass is 16.2. The van der Waals surface area contributed by atoms with Gasteiger partial charge in [0.1, 0.15) is 0 Å². The van der Waals surface area contributed by atoms with E-state index in [0.29, 0.717) is 6.04 Å². The SMILES string of the molecule is CC(CC1CC1)NC(=O)[C@@H]1CCCCN1. The Kier molecular flexibility index (Phi) is 3.62. The van der Waals surface area contributed by atoms with Crippen molar-refractivity contribution in [2.24, 2.45) is 5.92 Å². The Hall–Kier alpha value is -0.570. The molecule has 86 valence electrons. The molecule has 15 heavy (non-hydrogen) atoms. The van der Waals surface area contributed by atoms with Gasteiger partial charge in [-0.15, -0.1) is 0 Å². The van der Waals surface area contributed by atoms with Crippen LogP contribution in [-0.2, 0) is 4.79 Å². The van der Waals surface area contributed by atoms with Gasteiger partial charge in [-0.05, 0) is 38.6 Å². The first-order chi connectivity index (χ1) is 7.25. The molecule has 1 saturated carbocycles. The molecule has 2 rings (SSSR count). The molecule has 0 spiro atoms. The number of carbonyl (C=O) groups is 1. The highest BCUT2D eigenvalue weighted by Crippen LogP contribution is 2.33. The monoisotopic (exact) mass is 210 g/mol. The van der Waals surface area contributed by atoms with E-state index in [1.165, 1.54) is 32.1 Å². The maximum atomic E-state index is 11.8. The Morgan fingerprint density at radius 3 is 2.80 bits per heavy atom. The van der Waals surface area contributed by atoms with Crippen molar-refractivity contribution in [2.45, 2.75) is 57.5 Å². The normalized spacial score (nSPS) is 28.5. The van der Waals surface area contributed by atoms with Crippen LogP contribution in [0.1, 0.15) is 45.4 Å². The molecule has 1 unspecified atom stereocenters. The van der Waals surface area contributed by atoms with Gasteiger partial charge in [0, 0.05) is 6.04 Å². The Labute approximate surface area is 92.0 Å². The van der Waals surface area contributed by atoms with Crippen LogP contribution in [0.5, 0.6) is 0 Å². The lowest BCUT2D eigenvalue weighted by Crippen LogP contribution is -2.49. The minimum Gasteiger partial charge on any atom is -0.352 e. The molecule has 0 aromatic heterocycles. The lowest BCUT2D eigenvalue weighted by atomic mass is 10.0. The second-order valence-corrected chi connectivity index (χ2v) is 5.09. The van der Waals surface area contributed by atoms with Crippen LogP contribution in [0.3, 0.4) is 0 Å². The summed E-state index contributed by atoms with van der Waals surface area (Å²) in [6, 6.07) is 0.425. The fourth-order valence-electron chi connectivity index (χ4n) is 2.33. The van der Waals surface area contributed by atoms with Crippen molar-refractivity contribution < 1.29 is 4.79 Å². The van der Waals surface area contributed by atoms with Crippen LogP contribution in [0.4, 0.5) is 0 Å². The number of carbonyl (C=O) groups excluding carboxylic acids is 1. The molecule has 1 aliphatic heterocycles. The van der Waals surface area contributed by atoms with Crippen molar-refractivity contribution in [1.29, 1.82) is 0 Å². The second kappa shape index (κ2) is 4.97. The van der Waals surface area contributed by atoms with Gasteiger partial charge >= 0.3 is 0 Å². The molecule has 2 aliphatic rings. The summed E-state index contributed by atoms with van der Waals surface area (Å²) in [7, 11) is 0. The zero-order valence-electron chi connectivity index (χ0n) is 9.59.